The van der Waals surface area contributed by atoms with Gasteiger partial charge in [0.05, 0.1) is 29.0 Å². The molecular weight excluding hydrogens is 648 g/mol. The zero-order chi connectivity index (χ0) is 34.8. The number of amides is 1. The second-order valence-electron chi connectivity index (χ2n) is 11.6. The summed E-state index contributed by atoms with van der Waals surface area (Å²) in [4.78, 5) is 59.6. The summed E-state index contributed by atoms with van der Waals surface area (Å²) >= 11 is 0. The van der Waals surface area contributed by atoms with Gasteiger partial charge in [-0.1, -0.05) is 26.0 Å². The Labute approximate surface area is 277 Å². The molecule has 0 radical (unpaired) electrons. The summed E-state index contributed by atoms with van der Waals surface area (Å²) in [6, 6.07) is 9.90. The molecule has 0 bridgehead atoms. The van der Waals surface area contributed by atoms with E-state index in [1.807, 2.05) is 12.1 Å². The van der Waals surface area contributed by atoms with Crippen LogP contribution in [0, 0.1) is 10.1 Å². The smallest absolute Gasteiger partial charge is 0.484 e. The van der Waals surface area contributed by atoms with Gasteiger partial charge in [-0.05, 0) is 36.6 Å². The number of hydrogen-bond donors (Lipinski definition) is 3. The number of aromatic nitrogens is 4. The van der Waals surface area contributed by atoms with Crippen molar-refractivity contribution in [2.45, 2.75) is 57.6 Å². The molecule has 1 fully saturated rings. The lowest BCUT2D eigenvalue weighted by Crippen LogP contribution is -2.28. The lowest BCUT2D eigenvalue weighted by molar-refractivity contribution is -0.386. The zero-order valence-electron chi connectivity index (χ0n) is 26.5. The standard InChI is InChI=1S/C31H32N6O12/c1-15(2)17-4-6-18(7-5-17)44-12-25(39)33-30-34-28-27(29(40)35-30)32-13-36(28)26-10-21(38)24(49-26)11-45-31(41)48-16(3)19-8-22-23(47-14-46-22)9-20(19)37(42)43/h4-9,13,15-16,21,24,26,38H,10-12,14H2,1-3H3,(H2,33,34,35,39,40). The van der Waals surface area contributed by atoms with E-state index in [1.54, 1.807) is 12.1 Å². The van der Waals surface area contributed by atoms with Crippen molar-refractivity contribution in [3.8, 4) is 17.2 Å². The number of rotatable bonds is 11. The van der Waals surface area contributed by atoms with Crippen LogP contribution in [0.1, 0.15) is 56.6 Å². The summed E-state index contributed by atoms with van der Waals surface area (Å²) in [5.74, 6) is 0.602. The van der Waals surface area contributed by atoms with Crippen molar-refractivity contribution in [2.75, 3.05) is 25.3 Å². The fraction of sp³-hybridized carbons (Fsp3) is 0.387. The third kappa shape index (κ3) is 7.24. The SMILES string of the molecule is CC(C)c1ccc(OCC(=O)Nc2nc3c(ncn3C3CC(O)C(COC(=O)OC(C)c4cc5c(cc4[N+](=O)[O-])OCO5)O3)c(=O)[nH]2)cc1. The number of imidazole rings is 1. The number of aromatic amines is 1. The number of carbonyl (C=O) groups excluding carboxylic acids is 2. The summed E-state index contributed by atoms with van der Waals surface area (Å²) in [5.41, 5.74) is 0.279. The summed E-state index contributed by atoms with van der Waals surface area (Å²) in [5, 5.41) is 24.7. The first-order valence-corrected chi connectivity index (χ1v) is 15.2. The van der Waals surface area contributed by atoms with Crippen LogP contribution in [0.3, 0.4) is 0 Å². The molecule has 2 aromatic carbocycles. The number of H-pyrrole nitrogens is 1. The number of aliphatic hydroxyl groups is 1. The molecule has 4 heterocycles. The summed E-state index contributed by atoms with van der Waals surface area (Å²) < 4.78 is 33.7. The van der Waals surface area contributed by atoms with Crippen LogP contribution in [0.4, 0.5) is 16.4 Å². The van der Waals surface area contributed by atoms with Crippen LogP contribution in [0.15, 0.2) is 47.5 Å². The molecular formula is C31H32N6O12. The second kappa shape index (κ2) is 13.8. The number of hydrogen-bond acceptors (Lipinski definition) is 14. The second-order valence-corrected chi connectivity index (χ2v) is 11.6. The van der Waals surface area contributed by atoms with Crippen molar-refractivity contribution in [2.24, 2.45) is 0 Å². The highest BCUT2D eigenvalue weighted by Crippen LogP contribution is 2.41. The highest BCUT2D eigenvalue weighted by atomic mass is 16.7. The molecule has 1 saturated heterocycles. The van der Waals surface area contributed by atoms with Gasteiger partial charge in [-0.3, -0.25) is 34.6 Å². The van der Waals surface area contributed by atoms with Crippen LogP contribution >= 0.6 is 0 Å². The van der Waals surface area contributed by atoms with E-state index in [4.69, 9.17) is 28.4 Å². The van der Waals surface area contributed by atoms with Gasteiger partial charge in [-0.2, -0.15) is 4.98 Å². The molecule has 4 atom stereocenters. The van der Waals surface area contributed by atoms with Gasteiger partial charge >= 0.3 is 6.16 Å². The number of aliphatic hydroxyl groups excluding tert-OH is 1. The van der Waals surface area contributed by atoms with Gasteiger partial charge in [0.2, 0.25) is 12.7 Å². The van der Waals surface area contributed by atoms with Crippen LogP contribution < -0.4 is 25.1 Å². The molecule has 6 rings (SSSR count). The minimum atomic E-state index is -1.16. The Hall–Kier alpha value is -5.75. The molecule has 4 aromatic rings. The number of nitro benzene ring substituents is 1. The number of anilines is 1. The van der Waals surface area contributed by atoms with E-state index < -0.39 is 53.7 Å². The zero-order valence-corrected chi connectivity index (χ0v) is 26.5. The number of ether oxygens (including phenoxy) is 6. The number of nitro groups is 1. The first-order valence-electron chi connectivity index (χ1n) is 15.2. The lowest BCUT2D eigenvalue weighted by atomic mass is 10.0. The van der Waals surface area contributed by atoms with Gasteiger partial charge < -0.3 is 33.5 Å². The Bertz CT molecular complexity index is 1940. The maximum Gasteiger partial charge on any atom is 0.508 e. The average molecular weight is 681 g/mol. The number of nitrogens with one attached hydrogen (secondary N) is 2. The molecule has 258 valence electrons. The lowest BCUT2D eigenvalue weighted by Gasteiger charge is -2.17. The van der Waals surface area contributed by atoms with Crippen molar-refractivity contribution >= 4 is 34.9 Å². The molecule has 1 amide bonds. The first-order chi connectivity index (χ1) is 23.5. The molecule has 2 aromatic heterocycles. The predicted molar refractivity (Wildman–Crippen MR) is 167 cm³/mol. The van der Waals surface area contributed by atoms with E-state index in [2.05, 4.69) is 34.1 Å². The average Bonchev–Trinajstić information content (AvgIpc) is 3.80. The maximum atomic E-state index is 12.7. The Morgan fingerprint density at radius 2 is 1.92 bits per heavy atom. The van der Waals surface area contributed by atoms with E-state index >= 15 is 0 Å². The van der Waals surface area contributed by atoms with Crippen molar-refractivity contribution in [1.29, 1.82) is 0 Å². The molecule has 0 aliphatic carbocycles. The number of fused-ring (bicyclic) bond motifs is 2. The molecule has 2 aliphatic heterocycles. The Morgan fingerprint density at radius 1 is 1.18 bits per heavy atom. The molecule has 0 saturated carbocycles. The van der Waals surface area contributed by atoms with Crippen molar-refractivity contribution in [3.05, 3.63) is 74.3 Å². The Balaban J connectivity index is 1.05. The van der Waals surface area contributed by atoms with E-state index in [9.17, 15) is 29.6 Å². The van der Waals surface area contributed by atoms with Gasteiger partial charge in [0.1, 0.15) is 30.8 Å². The van der Waals surface area contributed by atoms with Crippen molar-refractivity contribution in [3.63, 3.8) is 0 Å². The fourth-order valence-corrected chi connectivity index (χ4v) is 5.32. The van der Waals surface area contributed by atoms with Crippen LogP contribution in [0.25, 0.3) is 11.2 Å². The number of carbonyl (C=O) groups is 2. The minimum absolute atomic E-state index is 0.0218. The van der Waals surface area contributed by atoms with Gasteiger partial charge in [0, 0.05) is 6.42 Å². The van der Waals surface area contributed by atoms with Crippen molar-refractivity contribution < 1.29 is 48.0 Å². The third-order valence-electron chi connectivity index (χ3n) is 7.92. The monoisotopic (exact) mass is 680 g/mol. The van der Waals surface area contributed by atoms with E-state index in [-0.39, 0.29) is 59.7 Å². The quantitative estimate of drug-likeness (QED) is 0.117. The molecule has 4 unspecified atom stereocenters. The van der Waals surface area contributed by atoms with Gasteiger partial charge in [-0.15, -0.1) is 0 Å². The predicted octanol–water partition coefficient (Wildman–Crippen LogP) is 3.46. The topological polar surface area (TPSA) is 228 Å². The van der Waals surface area contributed by atoms with Crippen molar-refractivity contribution in [1.82, 2.24) is 19.5 Å². The fourth-order valence-electron chi connectivity index (χ4n) is 5.32. The largest absolute Gasteiger partial charge is 0.508 e. The normalized spacial score (nSPS) is 18.8. The number of nitrogens with zero attached hydrogens (tertiary/aromatic N) is 4. The Morgan fingerprint density at radius 3 is 2.63 bits per heavy atom. The molecule has 2 aliphatic rings. The molecule has 0 spiro atoms. The summed E-state index contributed by atoms with van der Waals surface area (Å²) in [6.45, 7) is 4.71. The molecule has 3 N–H and O–H groups in total. The molecule has 49 heavy (non-hydrogen) atoms. The van der Waals surface area contributed by atoms with Crippen LogP contribution in [-0.2, 0) is 19.0 Å². The van der Waals surface area contributed by atoms with Gasteiger partial charge in [0.25, 0.3) is 17.2 Å². The molecule has 18 heteroatoms. The number of benzene rings is 2. The van der Waals surface area contributed by atoms with Crippen LogP contribution in [0.5, 0.6) is 17.2 Å². The third-order valence-corrected chi connectivity index (χ3v) is 7.92. The summed E-state index contributed by atoms with van der Waals surface area (Å²) in [7, 11) is 0. The van der Waals surface area contributed by atoms with Crippen LogP contribution in [-0.4, -0.2) is 73.8 Å². The summed E-state index contributed by atoms with van der Waals surface area (Å²) in [6.07, 6.45) is -3.89. The highest BCUT2D eigenvalue weighted by Gasteiger charge is 2.37. The van der Waals surface area contributed by atoms with E-state index in [1.165, 1.54) is 30.0 Å². The maximum absolute atomic E-state index is 12.7. The molecule has 18 nitrogen and oxygen atoms in total. The van der Waals surface area contributed by atoms with Gasteiger partial charge in [0.15, 0.2) is 29.3 Å². The minimum Gasteiger partial charge on any atom is -0.484 e. The van der Waals surface area contributed by atoms with Gasteiger partial charge in [-0.25, -0.2) is 9.78 Å². The Kier molecular flexibility index (Phi) is 9.32. The van der Waals surface area contributed by atoms with E-state index in [0.717, 1.165) is 5.56 Å². The first kappa shape index (κ1) is 33.2. The van der Waals surface area contributed by atoms with E-state index in [0.29, 0.717) is 11.7 Å². The highest BCUT2D eigenvalue weighted by molar-refractivity contribution is 5.90. The van der Waals surface area contributed by atoms with Crippen LogP contribution in [0.2, 0.25) is 0 Å².